The maximum Gasteiger partial charge on any atom is 0.326 e. The summed E-state index contributed by atoms with van der Waals surface area (Å²) in [6.07, 6.45) is -1.20. The number of carbonyl (C=O) groups is 1. The van der Waals surface area contributed by atoms with Crippen molar-refractivity contribution < 1.29 is 27.6 Å². The van der Waals surface area contributed by atoms with Gasteiger partial charge >= 0.3 is 5.97 Å². The summed E-state index contributed by atoms with van der Waals surface area (Å²) >= 11 is 3.38. The van der Waals surface area contributed by atoms with Gasteiger partial charge in [-0.1, -0.05) is 22.9 Å². The molecular weight excluding hydrogens is 432 g/mol. The summed E-state index contributed by atoms with van der Waals surface area (Å²) in [6.45, 7) is 3.35. The monoisotopic (exact) mass is 450 g/mol. The summed E-state index contributed by atoms with van der Waals surface area (Å²) in [4.78, 5) is 22.0. The number of hydrogen-bond donors (Lipinski definition) is 0. The third-order valence-electron chi connectivity index (χ3n) is 4.11. The summed E-state index contributed by atoms with van der Waals surface area (Å²) < 4.78 is 37.7. The van der Waals surface area contributed by atoms with E-state index in [1.165, 1.54) is 7.11 Å². The first kappa shape index (κ1) is 20.7. The molecule has 1 fully saturated rings. The number of ether oxygens (including phenoxy) is 2. The Morgan fingerprint density at radius 1 is 1.42 bits per heavy atom. The van der Waals surface area contributed by atoms with E-state index in [1.54, 1.807) is 6.92 Å². The highest BCUT2D eigenvalue weighted by Crippen LogP contribution is 2.30. The molecule has 1 aliphatic rings. The molecule has 0 bridgehead atoms. The summed E-state index contributed by atoms with van der Waals surface area (Å²) in [7, 11) is -2.93. The zero-order valence-corrected chi connectivity index (χ0v) is 16.8. The number of nitro groups is 1. The molecule has 144 valence electrons. The first-order valence-electron chi connectivity index (χ1n) is 7.73. The van der Waals surface area contributed by atoms with E-state index in [2.05, 4.69) is 15.9 Å². The quantitative estimate of drug-likeness (QED) is 0.290. The van der Waals surface area contributed by atoms with Gasteiger partial charge in [0.2, 0.25) is 10.0 Å². The molecule has 11 heteroatoms. The first-order valence-corrected chi connectivity index (χ1v) is 10.1. The highest BCUT2D eigenvalue weighted by molar-refractivity contribution is 9.09. The lowest BCUT2D eigenvalue weighted by atomic mass is 10.1. The molecule has 26 heavy (non-hydrogen) atoms. The Balaban J connectivity index is 2.46. The van der Waals surface area contributed by atoms with Gasteiger partial charge in [0.15, 0.2) is 0 Å². The van der Waals surface area contributed by atoms with Crippen LogP contribution in [-0.4, -0.2) is 60.3 Å². The van der Waals surface area contributed by atoms with Gasteiger partial charge < -0.3 is 9.47 Å². The number of nitrogens with zero attached hydrogens (tertiary/aromatic N) is 2. The molecule has 1 aromatic rings. The fraction of sp³-hybridized carbons (Fsp3) is 0.533. The van der Waals surface area contributed by atoms with Crippen LogP contribution in [0.5, 0.6) is 0 Å². The van der Waals surface area contributed by atoms with Crippen molar-refractivity contribution >= 4 is 37.6 Å². The van der Waals surface area contributed by atoms with Crippen LogP contribution < -0.4 is 0 Å². The van der Waals surface area contributed by atoms with Gasteiger partial charge in [0, 0.05) is 23.5 Å². The normalized spacial score (nSPS) is 25.5. The van der Waals surface area contributed by atoms with Crippen LogP contribution in [0.3, 0.4) is 0 Å². The van der Waals surface area contributed by atoms with Crippen LogP contribution in [0.1, 0.15) is 13.8 Å². The summed E-state index contributed by atoms with van der Waals surface area (Å²) in [5.74, 6) is -0.733. The fourth-order valence-corrected chi connectivity index (χ4v) is 4.67. The fourth-order valence-electron chi connectivity index (χ4n) is 2.72. The van der Waals surface area contributed by atoms with E-state index in [0.717, 1.165) is 28.6 Å². The van der Waals surface area contributed by atoms with Crippen LogP contribution in [0.15, 0.2) is 29.2 Å². The van der Waals surface area contributed by atoms with Crippen LogP contribution in [0.2, 0.25) is 0 Å². The Labute approximate surface area is 159 Å². The number of sulfonamides is 1. The van der Waals surface area contributed by atoms with Gasteiger partial charge in [-0.05, 0) is 19.1 Å². The number of alkyl halides is 1. The molecule has 9 nitrogen and oxygen atoms in total. The van der Waals surface area contributed by atoms with Crippen LogP contribution in [0.4, 0.5) is 5.69 Å². The molecular formula is C15H19BrN2O7S. The van der Waals surface area contributed by atoms with E-state index < -0.39 is 39.2 Å². The largest absolute Gasteiger partial charge is 0.468 e. The first-order chi connectivity index (χ1) is 12.1. The molecule has 1 aromatic carbocycles. The molecule has 0 amide bonds. The van der Waals surface area contributed by atoms with E-state index >= 15 is 0 Å². The number of benzene rings is 1. The van der Waals surface area contributed by atoms with Crippen LogP contribution in [0, 0.1) is 10.1 Å². The van der Waals surface area contributed by atoms with Crippen molar-refractivity contribution in [3.63, 3.8) is 0 Å². The predicted octanol–water partition coefficient (Wildman–Crippen LogP) is 1.70. The smallest absolute Gasteiger partial charge is 0.326 e. The zero-order valence-electron chi connectivity index (χ0n) is 14.4. The molecule has 0 unspecified atom stereocenters. The Hall–Kier alpha value is -1.56. The molecule has 0 aliphatic carbocycles. The third-order valence-corrected chi connectivity index (χ3v) is 6.56. The molecule has 0 aromatic heterocycles. The topological polar surface area (TPSA) is 116 Å². The Kier molecular flexibility index (Phi) is 6.37. The Morgan fingerprint density at radius 2 is 2.00 bits per heavy atom. The van der Waals surface area contributed by atoms with Crippen LogP contribution in [0.25, 0.3) is 0 Å². The summed E-state index contributed by atoms with van der Waals surface area (Å²) in [5.41, 5.74) is -0.226. The van der Waals surface area contributed by atoms with Crippen molar-refractivity contribution in [3.05, 3.63) is 34.4 Å². The van der Waals surface area contributed by atoms with Crippen molar-refractivity contribution in [2.45, 2.75) is 41.8 Å². The van der Waals surface area contributed by atoms with Crippen molar-refractivity contribution in [1.82, 2.24) is 4.31 Å². The van der Waals surface area contributed by atoms with Gasteiger partial charge in [-0.15, -0.1) is 0 Å². The average Bonchev–Trinajstić information content (AvgIpc) is 2.60. The number of nitro benzene ring substituents is 1. The minimum absolute atomic E-state index is 0.0597. The Morgan fingerprint density at radius 3 is 2.46 bits per heavy atom. The average molecular weight is 451 g/mol. The Bertz CT molecular complexity index is 782. The molecule has 1 heterocycles. The summed E-state index contributed by atoms with van der Waals surface area (Å²) in [5, 5.41) is 10.8. The number of hydrogen-bond acceptors (Lipinski definition) is 7. The van der Waals surface area contributed by atoms with Gasteiger partial charge in [-0.2, -0.15) is 4.31 Å². The number of carbonyl (C=O) groups excluding carboxylic acids is 1. The lowest BCUT2D eigenvalue weighted by Crippen LogP contribution is -2.60. The second kappa shape index (κ2) is 7.99. The number of esters is 1. The molecule has 4 atom stereocenters. The van der Waals surface area contributed by atoms with Gasteiger partial charge in [0.05, 0.1) is 29.1 Å². The van der Waals surface area contributed by atoms with Crippen molar-refractivity contribution in [1.29, 1.82) is 0 Å². The standard InChI is InChI=1S/C15H19BrN2O7S/c1-9(16)13-8-17(14(10(2)25-13)15(19)24-3)26(22,23)12-6-4-11(5-7-12)18(20)21/h4-7,9-10,13-14H,8H2,1-3H3/t9-,10-,13+,14+/m1/s1. The number of rotatable bonds is 5. The maximum atomic E-state index is 13.1. The van der Waals surface area contributed by atoms with E-state index in [0.29, 0.717) is 0 Å². The number of methoxy groups -OCH3 is 1. The van der Waals surface area contributed by atoms with Gasteiger partial charge in [0.25, 0.3) is 5.69 Å². The molecule has 0 saturated carbocycles. The van der Waals surface area contributed by atoms with Crippen molar-refractivity contribution in [2.75, 3.05) is 13.7 Å². The van der Waals surface area contributed by atoms with E-state index in [9.17, 15) is 23.3 Å². The van der Waals surface area contributed by atoms with Crippen molar-refractivity contribution in [2.24, 2.45) is 0 Å². The molecule has 1 saturated heterocycles. The van der Waals surface area contributed by atoms with Gasteiger partial charge in [0.1, 0.15) is 6.04 Å². The molecule has 0 spiro atoms. The lowest BCUT2D eigenvalue weighted by Gasteiger charge is -2.41. The molecule has 0 N–H and O–H groups in total. The number of morpholine rings is 1. The number of non-ortho nitro benzene ring substituents is 1. The van der Waals surface area contributed by atoms with Gasteiger partial charge in [-0.25, -0.2) is 8.42 Å². The highest BCUT2D eigenvalue weighted by atomic mass is 79.9. The highest BCUT2D eigenvalue weighted by Gasteiger charge is 2.47. The lowest BCUT2D eigenvalue weighted by molar-refractivity contribution is -0.384. The predicted molar refractivity (Wildman–Crippen MR) is 95.5 cm³/mol. The zero-order chi connectivity index (χ0) is 19.6. The molecule has 1 aliphatic heterocycles. The van der Waals surface area contributed by atoms with E-state index in [-0.39, 0.29) is 22.0 Å². The second-order valence-electron chi connectivity index (χ2n) is 5.85. The summed E-state index contributed by atoms with van der Waals surface area (Å²) in [6, 6.07) is 3.36. The minimum atomic E-state index is -4.10. The SMILES string of the molecule is COC(=O)[C@@H]1[C@@H](C)O[C@H]([C@@H](C)Br)CN1S(=O)(=O)c1ccc([N+](=O)[O-])cc1. The van der Waals surface area contributed by atoms with Crippen molar-refractivity contribution in [3.8, 4) is 0 Å². The van der Waals surface area contributed by atoms with E-state index in [1.807, 2.05) is 6.92 Å². The van der Waals surface area contributed by atoms with Crippen LogP contribution in [-0.2, 0) is 24.3 Å². The van der Waals surface area contributed by atoms with Gasteiger partial charge in [-0.3, -0.25) is 14.9 Å². The second-order valence-corrected chi connectivity index (χ2v) is 9.19. The van der Waals surface area contributed by atoms with Crippen LogP contribution >= 0.6 is 15.9 Å². The minimum Gasteiger partial charge on any atom is -0.468 e. The maximum absolute atomic E-state index is 13.1. The van der Waals surface area contributed by atoms with E-state index in [4.69, 9.17) is 9.47 Å². The third kappa shape index (κ3) is 4.05. The molecule has 2 rings (SSSR count). The number of halogens is 1. The molecule has 0 radical (unpaired) electrons.